The lowest BCUT2D eigenvalue weighted by Crippen LogP contribution is -2.35. The number of rotatable bonds is 6. The molecule has 1 aliphatic carbocycles. The summed E-state index contributed by atoms with van der Waals surface area (Å²) in [5.41, 5.74) is 2.13. The normalized spacial score (nSPS) is 16.9. The summed E-state index contributed by atoms with van der Waals surface area (Å²) >= 11 is 0. The maximum atomic E-state index is 12.2. The van der Waals surface area contributed by atoms with Gasteiger partial charge in [-0.3, -0.25) is 4.79 Å². The van der Waals surface area contributed by atoms with Crippen LogP contribution in [0.15, 0.2) is 24.3 Å². The standard InChI is InChI=1S/C16H23NO/c1-11(2)10-13-4-6-14(7-5-13)16(18)12(3)17-15-8-9-15/h4-7,11-12,15,17H,8-10H2,1-3H3. The molecule has 1 unspecified atom stereocenters. The highest BCUT2D eigenvalue weighted by Crippen LogP contribution is 2.20. The van der Waals surface area contributed by atoms with Gasteiger partial charge in [-0.2, -0.15) is 0 Å². The van der Waals surface area contributed by atoms with Crippen LogP contribution in [0.3, 0.4) is 0 Å². The van der Waals surface area contributed by atoms with Gasteiger partial charge >= 0.3 is 0 Å². The average Bonchev–Trinajstić information content (AvgIpc) is 3.12. The first-order valence-electron chi connectivity index (χ1n) is 6.95. The zero-order valence-electron chi connectivity index (χ0n) is 11.6. The Labute approximate surface area is 110 Å². The van der Waals surface area contributed by atoms with Crippen LogP contribution in [0.2, 0.25) is 0 Å². The summed E-state index contributed by atoms with van der Waals surface area (Å²) in [5.74, 6) is 0.861. The number of hydrogen-bond acceptors (Lipinski definition) is 2. The van der Waals surface area contributed by atoms with Crippen molar-refractivity contribution in [2.24, 2.45) is 5.92 Å². The lowest BCUT2D eigenvalue weighted by atomic mass is 9.99. The van der Waals surface area contributed by atoms with Crippen LogP contribution in [0.25, 0.3) is 0 Å². The molecular formula is C16H23NO. The van der Waals surface area contributed by atoms with Crippen LogP contribution < -0.4 is 5.32 Å². The van der Waals surface area contributed by atoms with E-state index in [4.69, 9.17) is 0 Å². The number of Topliss-reactive ketones (excluding diaryl/α,β-unsaturated/α-hetero) is 1. The van der Waals surface area contributed by atoms with Crippen molar-refractivity contribution in [3.63, 3.8) is 0 Å². The minimum absolute atomic E-state index is 0.0616. The van der Waals surface area contributed by atoms with Crippen LogP contribution in [0.5, 0.6) is 0 Å². The van der Waals surface area contributed by atoms with Gasteiger partial charge in [-0.05, 0) is 37.7 Å². The third-order valence-electron chi connectivity index (χ3n) is 3.34. The summed E-state index contributed by atoms with van der Waals surface area (Å²) in [6, 6.07) is 8.60. The molecule has 1 fully saturated rings. The van der Waals surface area contributed by atoms with E-state index in [1.54, 1.807) is 0 Å². The Morgan fingerprint density at radius 1 is 1.22 bits per heavy atom. The van der Waals surface area contributed by atoms with Crippen LogP contribution in [-0.4, -0.2) is 17.9 Å². The van der Waals surface area contributed by atoms with Gasteiger partial charge in [0.15, 0.2) is 5.78 Å². The zero-order valence-corrected chi connectivity index (χ0v) is 11.6. The van der Waals surface area contributed by atoms with Gasteiger partial charge in [0.2, 0.25) is 0 Å². The molecule has 0 heterocycles. The smallest absolute Gasteiger partial charge is 0.179 e. The van der Waals surface area contributed by atoms with Gasteiger partial charge in [-0.25, -0.2) is 0 Å². The summed E-state index contributed by atoms with van der Waals surface area (Å²) < 4.78 is 0. The van der Waals surface area contributed by atoms with E-state index in [0.717, 1.165) is 12.0 Å². The van der Waals surface area contributed by atoms with E-state index in [1.165, 1.54) is 18.4 Å². The number of ketones is 1. The van der Waals surface area contributed by atoms with Crippen molar-refractivity contribution in [3.8, 4) is 0 Å². The van der Waals surface area contributed by atoms with E-state index in [0.29, 0.717) is 12.0 Å². The molecule has 0 aromatic heterocycles. The maximum Gasteiger partial charge on any atom is 0.179 e. The number of carbonyl (C=O) groups excluding carboxylic acids is 1. The first kappa shape index (κ1) is 13.3. The number of carbonyl (C=O) groups is 1. The summed E-state index contributed by atoms with van der Waals surface area (Å²) in [6.45, 7) is 6.38. The molecule has 1 aliphatic rings. The molecule has 2 nitrogen and oxygen atoms in total. The van der Waals surface area contributed by atoms with Crippen LogP contribution in [0, 0.1) is 5.92 Å². The lowest BCUT2D eigenvalue weighted by Gasteiger charge is -2.12. The van der Waals surface area contributed by atoms with Crippen LogP contribution in [0.1, 0.15) is 49.5 Å². The molecule has 0 amide bonds. The molecule has 1 saturated carbocycles. The molecule has 1 atom stereocenters. The van der Waals surface area contributed by atoms with Crippen LogP contribution in [-0.2, 0) is 6.42 Å². The predicted molar refractivity (Wildman–Crippen MR) is 74.9 cm³/mol. The Bertz CT molecular complexity index is 404. The van der Waals surface area contributed by atoms with E-state index in [-0.39, 0.29) is 11.8 Å². The quantitative estimate of drug-likeness (QED) is 0.780. The molecule has 0 bridgehead atoms. The monoisotopic (exact) mass is 245 g/mol. The van der Waals surface area contributed by atoms with Crippen molar-refractivity contribution >= 4 is 5.78 Å². The van der Waals surface area contributed by atoms with Crippen LogP contribution in [0.4, 0.5) is 0 Å². The van der Waals surface area contributed by atoms with E-state index in [2.05, 4.69) is 31.3 Å². The Hall–Kier alpha value is -1.15. The van der Waals surface area contributed by atoms with E-state index >= 15 is 0 Å². The highest BCUT2D eigenvalue weighted by atomic mass is 16.1. The topological polar surface area (TPSA) is 29.1 Å². The Morgan fingerprint density at radius 3 is 2.33 bits per heavy atom. The van der Waals surface area contributed by atoms with Gasteiger partial charge in [0.1, 0.15) is 0 Å². The van der Waals surface area contributed by atoms with E-state index < -0.39 is 0 Å². The highest BCUT2D eigenvalue weighted by Gasteiger charge is 2.26. The molecule has 2 heteroatoms. The molecule has 98 valence electrons. The molecule has 1 N–H and O–H groups in total. The van der Waals surface area contributed by atoms with Crippen molar-refractivity contribution in [2.45, 2.75) is 52.1 Å². The van der Waals surface area contributed by atoms with Gasteiger partial charge in [-0.1, -0.05) is 38.1 Å². The molecule has 0 spiro atoms. The molecule has 1 aromatic carbocycles. The van der Waals surface area contributed by atoms with Crippen molar-refractivity contribution in [2.75, 3.05) is 0 Å². The molecule has 18 heavy (non-hydrogen) atoms. The first-order chi connectivity index (χ1) is 8.56. The minimum atomic E-state index is -0.0616. The molecule has 1 aromatic rings. The Balaban J connectivity index is 1.96. The van der Waals surface area contributed by atoms with Crippen molar-refractivity contribution in [3.05, 3.63) is 35.4 Å². The molecule has 0 saturated heterocycles. The third-order valence-corrected chi connectivity index (χ3v) is 3.34. The highest BCUT2D eigenvalue weighted by molar-refractivity contribution is 5.99. The van der Waals surface area contributed by atoms with Gasteiger partial charge in [0.05, 0.1) is 6.04 Å². The minimum Gasteiger partial charge on any atom is -0.305 e. The number of benzene rings is 1. The van der Waals surface area contributed by atoms with Crippen molar-refractivity contribution in [1.82, 2.24) is 5.32 Å². The van der Waals surface area contributed by atoms with Crippen LogP contribution >= 0.6 is 0 Å². The van der Waals surface area contributed by atoms with E-state index in [9.17, 15) is 4.79 Å². The predicted octanol–water partition coefficient (Wildman–Crippen LogP) is 3.21. The first-order valence-corrected chi connectivity index (χ1v) is 6.95. The van der Waals surface area contributed by atoms with Crippen molar-refractivity contribution in [1.29, 1.82) is 0 Å². The summed E-state index contributed by atoms with van der Waals surface area (Å²) in [4.78, 5) is 12.2. The summed E-state index contributed by atoms with van der Waals surface area (Å²) in [7, 11) is 0. The molecular weight excluding hydrogens is 222 g/mol. The second-order valence-electron chi connectivity index (χ2n) is 5.82. The number of hydrogen-bond donors (Lipinski definition) is 1. The maximum absolute atomic E-state index is 12.2. The SMILES string of the molecule is CC(C)Cc1ccc(C(=O)C(C)NC2CC2)cc1. The third kappa shape index (κ3) is 3.67. The van der Waals surface area contributed by atoms with Gasteiger partial charge in [-0.15, -0.1) is 0 Å². The van der Waals surface area contributed by atoms with Gasteiger partial charge in [0, 0.05) is 11.6 Å². The van der Waals surface area contributed by atoms with E-state index in [1.807, 2.05) is 19.1 Å². The second kappa shape index (κ2) is 5.66. The zero-order chi connectivity index (χ0) is 13.1. The Morgan fingerprint density at radius 2 is 1.83 bits per heavy atom. The van der Waals surface area contributed by atoms with Gasteiger partial charge < -0.3 is 5.32 Å². The summed E-state index contributed by atoms with van der Waals surface area (Å²) in [5, 5.41) is 3.35. The van der Waals surface area contributed by atoms with Crippen molar-refractivity contribution < 1.29 is 4.79 Å². The lowest BCUT2D eigenvalue weighted by molar-refractivity contribution is 0.0950. The fraction of sp³-hybridized carbons (Fsp3) is 0.562. The fourth-order valence-corrected chi connectivity index (χ4v) is 2.21. The average molecular weight is 245 g/mol. The Kier molecular flexibility index (Phi) is 4.18. The second-order valence-corrected chi connectivity index (χ2v) is 5.82. The molecule has 0 aliphatic heterocycles. The molecule has 2 rings (SSSR count). The summed E-state index contributed by atoms with van der Waals surface area (Å²) in [6.07, 6.45) is 3.50. The number of nitrogens with one attached hydrogen (secondary N) is 1. The molecule has 0 radical (unpaired) electrons. The fourth-order valence-electron chi connectivity index (χ4n) is 2.21. The largest absolute Gasteiger partial charge is 0.305 e. The van der Waals surface area contributed by atoms with Gasteiger partial charge in [0.25, 0.3) is 0 Å².